The number of methoxy groups -OCH3 is 1. The van der Waals surface area contributed by atoms with Gasteiger partial charge in [-0.05, 0) is 37.7 Å². The maximum absolute atomic E-state index is 11.9. The van der Waals surface area contributed by atoms with E-state index in [1.54, 1.807) is 0 Å². The van der Waals surface area contributed by atoms with Gasteiger partial charge in [0, 0.05) is 23.5 Å². The molecule has 1 aliphatic heterocycles. The van der Waals surface area contributed by atoms with Gasteiger partial charge in [-0.1, -0.05) is 36.8 Å². The fraction of sp³-hybridized carbons (Fsp3) is 0.652. The Morgan fingerprint density at radius 3 is 2.62 bits per heavy atom. The summed E-state index contributed by atoms with van der Waals surface area (Å²) in [6.07, 6.45) is 5.30. The zero-order valence-electron chi connectivity index (χ0n) is 17.3. The highest BCUT2D eigenvalue weighted by Crippen LogP contribution is 2.50. The van der Waals surface area contributed by atoms with Gasteiger partial charge in [0.15, 0.2) is 6.10 Å². The molecule has 0 amide bonds. The van der Waals surface area contributed by atoms with Gasteiger partial charge < -0.3 is 14.6 Å². The van der Waals surface area contributed by atoms with Crippen LogP contribution in [-0.4, -0.2) is 51.8 Å². The Labute approximate surface area is 172 Å². The predicted molar refractivity (Wildman–Crippen MR) is 107 cm³/mol. The van der Waals surface area contributed by atoms with Gasteiger partial charge in [-0.15, -0.1) is 0 Å². The number of carbonyl (C=O) groups excluding carboxylic acids is 1. The SMILES string of the molecule is COC(=O)C(O)C1CCC2CC(OC3CCCCC3c3ccccc3)=[N+](O)C21C. The quantitative estimate of drug-likeness (QED) is 0.459. The van der Waals surface area contributed by atoms with Crippen LogP contribution in [-0.2, 0) is 14.3 Å². The molecule has 2 N–H and O–H groups in total. The lowest BCUT2D eigenvalue weighted by atomic mass is 9.80. The van der Waals surface area contributed by atoms with E-state index in [4.69, 9.17) is 9.47 Å². The number of hydroxylamine groups is 1. The normalized spacial score (nSPS) is 35.3. The van der Waals surface area contributed by atoms with Crippen LogP contribution >= 0.6 is 0 Å². The highest BCUT2D eigenvalue weighted by molar-refractivity contribution is 5.76. The summed E-state index contributed by atoms with van der Waals surface area (Å²) in [5.41, 5.74) is 0.561. The second-order valence-electron chi connectivity index (χ2n) is 8.94. The number of hydrogen-bond acceptors (Lipinski definition) is 5. The van der Waals surface area contributed by atoms with E-state index in [9.17, 15) is 15.1 Å². The first-order valence-electron chi connectivity index (χ1n) is 10.8. The summed E-state index contributed by atoms with van der Waals surface area (Å²) in [5, 5.41) is 21.6. The first kappa shape index (κ1) is 20.2. The average molecular weight is 403 g/mol. The molecule has 6 nitrogen and oxygen atoms in total. The van der Waals surface area contributed by atoms with Crippen molar-refractivity contribution in [3.63, 3.8) is 0 Å². The smallest absolute Gasteiger partial charge is 0.386 e. The number of ether oxygens (including phenoxy) is 2. The van der Waals surface area contributed by atoms with Crippen LogP contribution in [0.15, 0.2) is 30.3 Å². The Morgan fingerprint density at radius 1 is 1.17 bits per heavy atom. The van der Waals surface area contributed by atoms with E-state index in [0.717, 1.165) is 25.7 Å². The van der Waals surface area contributed by atoms with E-state index in [2.05, 4.69) is 24.3 Å². The lowest BCUT2D eigenvalue weighted by Gasteiger charge is -2.31. The standard InChI is InChI=1S/C23H32NO5/c1-23-16(12-13-18(23)21(25)22(26)28-2)14-20(24(23)27)29-19-11-7-6-10-17(19)15-8-4-3-5-9-15/h3-5,8-9,16-19,21,25,27H,6-7,10-14H2,1-2H3/q+1. The van der Waals surface area contributed by atoms with Crippen LogP contribution in [0, 0.1) is 11.8 Å². The average Bonchev–Trinajstić information content (AvgIpc) is 3.20. The summed E-state index contributed by atoms with van der Waals surface area (Å²) >= 11 is 0. The Hall–Kier alpha value is -2.08. The molecular weight excluding hydrogens is 370 g/mol. The number of aliphatic hydroxyl groups is 1. The van der Waals surface area contributed by atoms with Crippen molar-refractivity contribution in [1.29, 1.82) is 0 Å². The molecule has 4 rings (SSSR count). The van der Waals surface area contributed by atoms with Crippen molar-refractivity contribution in [3.8, 4) is 0 Å². The van der Waals surface area contributed by atoms with E-state index in [0.29, 0.717) is 24.7 Å². The third-order valence-corrected chi connectivity index (χ3v) is 7.56. The van der Waals surface area contributed by atoms with Crippen molar-refractivity contribution < 1.29 is 29.3 Å². The lowest BCUT2D eigenvalue weighted by Crippen LogP contribution is -2.50. The van der Waals surface area contributed by atoms with E-state index in [1.807, 2.05) is 13.0 Å². The van der Waals surface area contributed by atoms with Crippen LogP contribution in [0.4, 0.5) is 0 Å². The summed E-state index contributed by atoms with van der Waals surface area (Å²) in [5.74, 6) is 0.00612. The minimum atomic E-state index is -1.24. The number of aliphatic hydroxyl groups excluding tert-OH is 1. The van der Waals surface area contributed by atoms with Crippen molar-refractivity contribution in [2.24, 2.45) is 11.8 Å². The van der Waals surface area contributed by atoms with Crippen LogP contribution in [0.5, 0.6) is 0 Å². The van der Waals surface area contributed by atoms with Crippen LogP contribution in [0.1, 0.15) is 63.4 Å². The molecule has 0 saturated heterocycles. The molecule has 6 atom stereocenters. The number of esters is 1. The molecule has 0 spiro atoms. The van der Waals surface area contributed by atoms with Gasteiger partial charge in [-0.3, -0.25) is 5.21 Å². The van der Waals surface area contributed by atoms with Crippen LogP contribution < -0.4 is 0 Å². The van der Waals surface area contributed by atoms with Crippen LogP contribution in [0.25, 0.3) is 0 Å². The number of carbonyl (C=O) groups is 1. The summed E-state index contributed by atoms with van der Waals surface area (Å²) in [4.78, 5) is 11.9. The Kier molecular flexibility index (Phi) is 5.56. The molecule has 6 heteroatoms. The molecular formula is C23H32NO5+. The Morgan fingerprint density at radius 2 is 1.90 bits per heavy atom. The third-order valence-electron chi connectivity index (χ3n) is 7.56. The van der Waals surface area contributed by atoms with Crippen molar-refractivity contribution in [3.05, 3.63) is 35.9 Å². The molecule has 158 valence electrons. The first-order valence-corrected chi connectivity index (χ1v) is 10.8. The zero-order chi connectivity index (χ0) is 20.6. The molecule has 1 heterocycles. The van der Waals surface area contributed by atoms with Gasteiger partial charge in [0.2, 0.25) is 5.54 Å². The fourth-order valence-corrected chi connectivity index (χ4v) is 5.83. The monoisotopic (exact) mass is 402 g/mol. The van der Waals surface area contributed by atoms with Gasteiger partial charge in [-0.2, -0.15) is 0 Å². The number of benzene rings is 1. The second kappa shape index (κ2) is 7.98. The predicted octanol–water partition coefficient (Wildman–Crippen LogP) is 3.25. The van der Waals surface area contributed by atoms with Crippen molar-refractivity contribution in [2.75, 3.05) is 7.11 Å². The van der Waals surface area contributed by atoms with Gasteiger partial charge in [0.05, 0.1) is 19.4 Å². The van der Waals surface area contributed by atoms with E-state index in [-0.39, 0.29) is 17.9 Å². The second-order valence-corrected chi connectivity index (χ2v) is 8.94. The number of hydrogen-bond donors (Lipinski definition) is 2. The summed E-state index contributed by atoms with van der Waals surface area (Å²) in [7, 11) is 1.28. The lowest BCUT2D eigenvalue weighted by molar-refractivity contribution is -0.830. The van der Waals surface area contributed by atoms with E-state index < -0.39 is 17.6 Å². The fourth-order valence-electron chi connectivity index (χ4n) is 5.83. The van der Waals surface area contributed by atoms with Gasteiger partial charge in [-0.25, -0.2) is 4.79 Å². The summed E-state index contributed by atoms with van der Waals surface area (Å²) < 4.78 is 12.4. The highest BCUT2D eigenvalue weighted by Gasteiger charge is 2.66. The number of nitrogens with zero attached hydrogens (tertiary/aromatic N) is 1. The van der Waals surface area contributed by atoms with E-state index in [1.165, 1.54) is 23.8 Å². The molecule has 1 aromatic rings. The van der Waals surface area contributed by atoms with Gasteiger partial charge in [0.25, 0.3) is 0 Å². The van der Waals surface area contributed by atoms with Crippen molar-refractivity contribution in [2.45, 2.75) is 75.5 Å². The van der Waals surface area contributed by atoms with Crippen LogP contribution in [0.3, 0.4) is 0 Å². The maximum Gasteiger partial charge on any atom is 0.386 e. The molecule has 0 bridgehead atoms. The zero-order valence-corrected chi connectivity index (χ0v) is 17.3. The molecule has 0 aromatic heterocycles. The third kappa shape index (κ3) is 3.41. The minimum Gasteiger partial charge on any atom is -0.467 e. The molecule has 3 aliphatic rings. The highest BCUT2D eigenvalue weighted by atomic mass is 16.6. The molecule has 0 radical (unpaired) electrons. The summed E-state index contributed by atoms with van der Waals surface area (Å²) in [6.45, 7) is 1.92. The molecule has 6 unspecified atom stereocenters. The summed E-state index contributed by atoms with van der Waals surface area (Å²) in [6, 6.07) is 10.5. The Bertz CT molecular complexity index is 779. The minimum absolute atomic E-state index is 0.0298. The molecule has 2 fully saturated rings. The molecule has 2 saturated carbocycles. The van der Waals surface area contributed by atoms with Gasteiger partial charge >= 0.3 is 11.9 Å². The maximum atomic E-state index is 11.9. The topological polar surface area (TPSA) is 79.0 Å². The first-order chi connectivity index (χ1) is 14.0. The number of rotatable bonds is 4. The molecule has 29 heavy (non-hydrogen) atoms. The van der Waals surface area contributed by atoms with Gasteiger partial charge in [0.1, 0.15) is 6.10 Å². The van der Waals surface area contributed by atoms with Crippen LogP contribution in [0.2, 0.25) is 0 Å². The number of fused-ring (bicyclic) bond motifs is 1. The largest absolute Gasteiger partial charge is 0.467 e. The van der Waals surface area contributed by atoms with E-state index >= 15 is 0 Å². The molecule has 2 aliphatic carbocycles. The van der Waals surface area contributed by atoms with Crippen molar-refractivity contribution >= 4 is 11.9 Å². The Balaban J connectivity index is 1.57. The van der Waals surface area contributed by atoms with Crippen molar-refractivity contribution in [1.82, 2.24) is 0 Å². The molecule has 1 aromatic carbocycles.